The number of sulfonamides is 1. The predicted molar refractivity (Wildman–Crippen MR) is 92.7 cm³/mol. The summed E-state index contributed by atoms with van der Waals surface area (Å²) in [6, 6.07) is 3.59. The fourth-order valence-electron chi connectivity index (χ4n) is 3.00. The van der Waals surface area contributed by atoms with Gasteiger partial charge in [0.1, 0.15) is 5.75 Å². The van der Waals surface area contributed by atoms with E-state index in [1.165, 1.54) is 0 Å². The molecule has 0 unspecified atom stereocenters. The summed E-state index contributed by atoms with van der Waals surface area (Å²) >= 11 is 0. The molecule has 0 spiro atoms. The highest BCUT2D eigenvalue weighted by Gasteiger charge is 2.26. The summed E-state index contributed by atoms with van der Waals surface area (Å²) in [5.74, 6) is 0.943. The molecule has 23 heavy (non-hydrogen) atoms. The molecule has 0 amide bonds. The van der Waals surface area contributed by atoms with Crippen LogP contribution in [0.25, 0.3) is 0 Å². The van der Waals surface area contributed by atoms with Crippen LogP contribution in [-0.4, -0.2) is 46.6 Å². The van der Waals surface area contributed by atoms with Crippen LogP contribution in [0.3, 0.4) is 0 Å². The molecule has 0 saturated carbocycles. The van der Waals surface area contributed by atoms with Gasteiger partial charge < -0.3 is 9.64 Å². The Kier molecular flexibility index (Phi) is 5.70. The lowest BCUT2D eigenvalue weighted by Gasteiger charge is -2.29. The number of methoxy groups -OCH3 is 1. The summed E-state index contributed by atoms with van der Waals surface area (Å²) in [5.41, 5.74) is 1.63. The van der Waals surface area contributed by atoms with Crippen molar-refractivity contribution in [1.29, 1.82) is 0 Å². The Hall–Kier alpha value is -1.11. The van der Waals surface area contributed by atoms with Gasteiger partial charge in [0.2, 0.25) is 10.0 Å². The highest BCUT2D eigenvalue weighted by Crippen LogP contribution is 2.31. The van der Waals surface area contributed by atoms with Gasteiger partial charge in [0.05, 0.1) is 12.0 Å². The molecule has 1 aromatic carbocycles. The Morgan fingerprint density at radius 1 is 1.26 bits per heavy atom. The molecule has 0 radical (unpaired) electrons. The predicted octanol–water partition coefficient (Wildman–Crippen LogP) is 2.50. The summed E-state index contributed by atoms with van der Waals surface area (Å²) in [5, 5.41) is 0. The van der Waals surface area contributed by atoms with E-state index < -0.39 is 10.0 Å². The fraction of sp³-hybridized carbons (Fsp3) is 0.647. The minimum atomic E-state index is -3.51. The number of hydrogen-bond donors (Lipinski definition) is 1. The minimum absolute atomic E-state index is 0.0141. The van der Waals surface area contributed by atoms with Crippen molar-refractivity contribution in [2.45, 2.75) is 50.5 Å². The summed E-state index contributed by atoms with van der Waals surface area (Å²) in [7, 11) is 0.166. The number of piperidine rings is 1. The van der Waals surface area contributed by atoms with Crippen molar-refractivity contribution in [1.82, 2.24) is 9.62 Å². The summed E-state index contributed by atoms with van der Waals surface area (Å²) in [6.45, 7) is 7.73. The molecule has 1 heterocycles. The second kappa shape index (κ2) is 7.20. The Morgan fingerprint density at radius 3 is 2.39 bits per heavy atom. The van der Waals surface area contributed by atoms with Gasteiger partial charge in [-0.1, -0.05) is 13.8 Å². The lowest BCUT2D eigenvalue weighted by atomic mass is 10.0. The SMILES string of the molecule is COc1cc(C)c(S(=O)(=O)NC2CCN(C)CC2)cc1C(C)C. The minimum Gasteiger partial charge on any atom is -0.496 e. The number of likely N-dealkylation sites (tertiary alicyclic amines) is 1. The second-order valence-electron chi connectivity index (χ2n) is 6.71. The van der Waals surface area contributed by atoms with Gasteiger partial charge in [-0.15, -0.1) is 0 Å². The average Bonchev–Trinajstić information content (AvgIpc) is 2.48. The van der Waals surface area contributed by atoms with Gasteiger partial charge in [0, 0.05) is 6.04 Å². The molecule has 1 aliphatic heterocycles. The van der Waals surface area contributed by atoms with Crippen LogP contribution in [0.1, 0.15) is 43.7 Å². The van der Waals surface area contributed by atoms with Crippen molar-refractivity contribution in [3.63, 3.8) is 0 Å². The van der Waals surface area contributed by atoms with Crippen LogP contribution in [-0.2, 0) is 10.0 Å². The number of rotatable bonds is 5. The van der Waals surface area contributed by atoms with Crippen LogP contribution in [0.15, 0.2) is 17.0 Å². The molecule has 1 aromatic rings. The first kappa shape index (κ1) is 18.2. The van der Waals surface area contributed by atoms with E-state index in [2.05, 4.69) is 16.7 Å². The summed E-state index contributed by atoms with van der Waals surface area (Å²) in [6.07, 6.45) is 1.70. The standard InChI is InChI=1S/C17H28N2O3S/c1-12(2)15-11-17(13(3)10-16(15)22-5)23(20,21)18-14-6-8-19(4)9-7-14/h10-12,14,18H,6-9H2,1-5H3. The fourth-order valence-corrected chi connectivity index (χ4v) is 4.57. The van der Waals surface area contributed by atoms with E-state index in [0.717, 1.165) is 37.2 Å². The van der Waals surface area contributed by atoms with Crippen molar-refractivity contribution in [2.24, 2.45) is 0 Å². The van der Waals surface area contributed by atoms with Gasteiger partial charge >= 0.3 is 0 Å². The van der Waals surface area contributed by atoms with E-state index in [1.807, 2.05) is 26.8 Å². The Morgan fingerprint density at radius 2 is 1.87 bits per heavy atom. The van der Waals surface area contributed by atoms with Gasteiger partial charge in [-0.3, -0.25) is 0 Å². The lowest BCUT2D eigenvalue weighted by Crippen LogP contribution is -2.43. The molecule has 2 rings (SSSR count). The lowest BCUT2D eigenvalue weighted by molar-refractivity contribution is 0.248. The third kappa shape index (κ3) is 4.25. The maximum atomic E-state index is 12.8. The van der Waals surface area contributed by atoms with Gasteiger partial charge in [0.25, 0.3) is 0 Å². The van der Waals surface area contributed by atoms with Gasteiger partial charge in [0.15, 0.2) is 0 Å². The van der Waals surface area contributed by atoms with Crippen molar-refractivity contribution in [3.8, 4) is 5.75 Å². The molecule has 1 saturated heterocycles. The molecule has 0 aliphatic carbocycles. The van der Waals surface area contributed by atoms with E-state index in [1.54, 1.807) is 13.2 Å². The zero-order valence-corrected chi connectivity index (χ0v) is 15.5. The van der Waals surface area contributed by atoms with Gasteiger partial charge in [-0.05, 0) is 69.1 Å². The number of benzene rings is 1. The largest absolute Gasteiger partial charge is 0.496 e. The van der Waals surface area contributed by atoms with Crippen LogP contribution < -0.4 is 9.46 Å². The zero-order valence-electron chi connectivity index (χ0n) is 14.7. The third-order valence-electron chi connectivity index (χ3n) is 4.48. The molecule has 0 aromatic heterocycles. The van der Waals surface area contributed by atoms with Crippen LogP contribution in [0, 0.1) is 6.92 Å². The van der Waals surface area contributed by atoms with Gasteiger partial charge in [-0.25, -0.2) is 13.1 Å². The van der Waals surface area contributed by atoms with E-state index in [0.29, 0.717) is 10.5 Å². The van der Waals surface area contributed by atoms with Crippen molar-refractivity contribution >= 4 is 10.0 Å². The number of nitrogens with zero attached hydrogens (tertiary/aromatic N) is 1. The number of aryl methyl sites for hydroxylation is 1. The topological polar surface area (TPSA) is 58.6 Å². The highest BCUT2D eigenvalue weighted by molar-refractivity contribution is 7.89. The Labute approximate surface area is 140 Å². The van der Waals surface area contributed by atoms with Crippen LogP contribution in [0.5, 0.6) is 5.75 Å². The maximum absolute atomic E-state index is 12.8. The molecular formula is C17H28N2O3S. The van der Waals surface area contributed by atoms with Crippen molar-refractivity contribution < 1.29 is 13.2 Å². The van der Waals surface area contributed by atoms with Crippen molar-refractivity contribution in [2.75, 3.05) is 27.2 Å². The maximum Gasteiger partial charge on any atom is 0.241 e. The van der Waals surface area contributed by atoms with E-state index in [-0.39, 0.29) is 12.0 Å². The van der Waals surface area contributed by atoms with Gasteiger partial charge in [-0.2, -0.15) is 0 Å². The van der Waals surface area contributed by atoms with E-state index >= 15 is 0 Å². The summed E-state index contributed by atoms with van der Waals surface area (Å²) < 4.78 is 33.9. The third-order valence-corrected chi connectivity index (χ3v) is 6.14. The first-order valence-electron chi connectivity index (χ1n) is 8.14. The highest BCUT2D eigenvalue weighted by atomic mass is 32.2. The van der Waals surface area contributed by atoms with E-state index in [9.17, 15) is 8.42 Å². The second-order valence-corrected chi connectivity index (χ2v) is 8.40. The van der Waals surface area contributed by atoms with Crippen LogP contribution in [0.4, 0.5) is 0 Å². The number of ether oxygens (including phenoxy) is 1. The molecular weight excluding hydrogens is 312 g/mol. The Balaban J connectivity index is 2.30. The normalized spacial score (nSPS) is 17.7. The number of hydrogen-bond acceptors (Lipinski definition) is 4. The first-order chi connectivity index (χ1) is 10.7. The smallest absolute Gasteiger partial charge is 0.241 e. The molecule has 1 N–H and O–H groups in total. The van der Waals surface area contributed by atoms with Crippen molar-refractivity contribution in [3.05, 3.63) is 23.3 Å². The quantitative estimate of drug-likeness (QED) is 0.895. The first-order valence-corrected chi connectivity index (χ1v) is 9.62. The van der Waals surface area contributed by atoms with Crippen LogP contribution >= 0.6 is 0 Å². The zero-order chi connectivity index (χ0) is 17.2. The van der Waals surface area contributed by atoms with Crippen LogP contribution in [0.2, 0.25) is 0 Å². The Bertz CT molecular complexity index is 648. The average molecular weight is 340 g/mol. The molecule has 6 heteroatoms. The summed E-state index contributed by atoms with van der Waals surface area (Å²) in [4.78, 5) is 2.58. The molecule has 1 aliphatic rings. The van der Waals surface area contributed by atoms with E-state index in [4.69, 9.17) is 4.74 Å². The molecule has 5 nitrogen and oxygen atoms in total. The molecule has 1 fully saturated rings. The molecule has 0 bridgehead atoms. The molecule has 0 atom stereocenters. The monoisotopic (exact) mass is 340 g/mol. The number of nitrogens with one attached hydrogen (secondary N) is 1. The molecule has 130 valence electrons.